The highest BCUT2D eigenvalue weighted by Gasteiger charge is 2.16. The monoisotopic (exact) mass is 339 g/mol. The van der Waals surface area contributed by atoms with Gasteiger partial charge in [0, 0.05) is 38.5 Å². The first-order valence-corrected chi connectivity index (χ1v) is 8.40. The lowest BCUT2D eigenvalue weighted by molar-refractivity contribution is 0.120. The first-order valence-electron chi connectivity index (χ1n) is 8.40. The number of imidazole rings is 1. The fraction of sp³-hybridized carbons (Fsp3) is 0.333. The van der Waals surface area contributed by atoms with Gasteiger partial charge in [0.2, 0.25) is 5.95 Å². The number of nitrogens with two attached hydrogens (primary N) is 1. The molecule has 130 valence electrons. The normalized spacial score (nSPS) is 17.1. The number of aryl methyl sites for hydroxylation is 1. The molecule has 0 aliphatic carbocycles. The lowest BCUT2D eigenvalue weighted by Gasteiger charge is -2.11. The molecule has 25 heavy (non-hydrogen) atoms. The second-order valence-electron chi connectivity index (χ2n) is 6.18. The molecule has 0 amide bonds. The Bertz CT molecular complexity index is 886. The van der Waals surface area contributed by atoms with E-state index in [1.165, 1.54) is 0 Å². The van der Waals surface area contributed by atoms with Gasteiger partial charge in [0.1, 0.15) is 17.3 Å². The lowest BCUT2D eigenvalue weighted by atomic mass is 10.2. The van der Waals surface area contributed by atoms with Crippen LogP contribution in [0.1, 0.15) is 12.8 Å². The van der Waals surface area contributed by atoms with Gasteiger partial charge < -0.3 is 25.1 Å². The van der Waals surface area contributed by atoms with E-state index in [9.17, 15) is 0 Å². The number of nitrogen functional groups attached to an aromatic ring is 1. The Hall–Kier alpha value is -2.80. The number of anilines is 2. The molecule has 7 heteroatoms. The van der Waals surface area contributed by atoms with Crippen molar-refractivity contribution in [1.82, 2.24) is 14.5 Å². The van der Waals surface area contributed by atoms with Crippen LogP contribution in [0.3, 0.4) is 0 Å². The molecule has 0 saturated carbocycles. The average Bonchev–Trinajstić information content (AvgIpc) is 3.21. The summed E-state index contributed by atoms with van der Waals surface area (Å²) < 4.78 is 13.5. The highest BCUT2D eigenvalue weighted by molar-refractivity contribution is 5.80. The van der Waals surface area contributed by atoms with Gasteiger partial charge in [0.15, 0.2) is 0 Å². The van der Waals surface area contributed by atoms with E-state index in [1.54, 1.807) is 18.3 Å². The number of ether oxygens (including phenoxy) is 2. The molecule has 1 aliphatic rings. The summed E-state index contributed by atoms with van der Waals surface area (Å²) in [5, 5.41) is 3.38. The number of benzene rings is 1. The molecule has 7 nitrogen and oxygen atoms in total. The third-order valence-corrected chi connectivity index (χ3v) is 4.35. The van der Waals surface area contributed by atoms with Crippen molar-refractivity contribution < 1.29 is 9.47 Å². The molecule has 1 fully saturated rings. The molecule has 1 atom stereocenters. The van der Waals surface area contributed by atoms with Crippen molar-refractivity contribution in [3.05, 3.63) is 36.5 Å². The van der Waals surface area contributed by atoms with E-state index in [2.05, 4.69) is 15.3 Å². The zero-order chi connectivity index (χ0) is 17.2. The number of aromatic nitrogens is 3. The molecule has 1 saturated heterocycles. The Labute approximate surface area is 145 Å². The zero-order valence-corrected chi connectivity index (χ0v) is 14.1. The van der Waals surface area contributed by atoms with Crippen molar-refractivity contribution in [3.8, 4) is 11.5 Å². The van der Waals surface area contributed by atoms with E-state index in [0.717, 1.165) is 43.0 Å². The maximum Gasteiger partial charge on any atom is 0.203 e. The Morgan fingerprint density at radius 1 is 1.32 bits per heavy atom. The molecule has 4 rings (SSSR count). The van der Waals surface area contributed by atoms with E-state index in [1.807, 2.05) is 29.8 Å². The Balaban J connectivity index is 1.53. The fourth-order valence-electron chi connectivity index (χ4n) is 3.04. The van der Waals surface area contributed by atoms with Crippen LogP contribution in [0.25, 0.3) is 11.0 Å². The second kappa shape index (κ2) is 6.60. The van der Waals surface area contributed by atoms with Crippen molar-refractivity contribution >= 4 is 22.8 Å². The number of nitrogens with zero attached hydrogens (tertiary/aromatic N) is 3. The van der Waals surface area contributed by atoms with Crippen molar-refractivity contribution in [1.29, 1.82) is 0 Å². The summed E-state index contributed by atoms with van der Waals surface area (Å²) in [4.78, 5) is 8.64. The van der Waals surface area contributed by atoms with Gasteiger partial charge in [-0.2, -0.15) is 0 Å². The molecule has 1 aliphatic heterocycles. The summed E-state index contributed by atoms with van der Waals surface area (Å²) in [6, 6.07) is 9.30. The summed E-state index contributed by atoms with van der Waals surface area (Å²) in [7, 11) is 2.00. The van der Waals surface area contributed by atoms with Crippen molar-refractivity contribution in [2.24, 2.45) is 7.05 Å². The van der Waals surface area contributed by atoms with Gasteiger partial charge in [-0.1, -0.05) is 0 Å². The third kappa shape index (κ3) is 3.36. The molecule has 3 heterocycles. The predicted molar refractivity (Wildman–Crippen MR) is 96.9 cm³/mol. The number of nitrogens with one attached hydrogen (secondary N) is 1. The van der Waals surface area contributed by atoms with E-state index in [4.69, 9.17) is 15.2 Å². The summed E-state index contributed by atoms with van der Waals surface area (Å²) in [5.74, 6) is 2.62. The maximum atomic E-state index is 5.85. The molecule has 1 unspecified atom stereocenters. The average molecular weight is 339 g/mol. The zero-order valence-electron chi connectivity index (χ0n) is 14.1. The summed E-state index contributed by atoms with van der Waals surface area (Å²) in [6.07, 6.45) is 4.13. The number of fused-ring (bicyclic) bond motifs is 1. The second-order valence-corrected chi connectivity index (χ2v) is 6.18. The van der Waals surface area contributed by atoms with Gasteiger partial charge in [0.05, 0.1) is 17.1 Å². The first kappa shape index (κ1) is 15.7. The Morgan fingerprint density at radius 2 is 2.20 bits per heavy atom. The number of rotatable bonds is 5. The largest absolute Gasteiger partial charge is 0.457 e. The third-order valence-electron chi connectivity index (χ3n) is 4.35. The van der Waals surface area contributed by atoms with Crippen molar-refractivity contribution in [2.45, 2.75) is 18.9 Å². The minimum atomic E-state index is 0.274. The van der Waals surface area contributed by atoms with E-state index < -0.39 is 0 Å². The molecule has 3 aromatic rings. The highest BCUT2D eigenvalue weighted by Crippen LogP contribution is 2.27. The number of hydrogen-bond donors (Lipinski definition) is 2. The summed E-state index contributed by atoms with van der Waals surface area (Å²) in [5.41, 5.74) is 7.60. The van der Waals surface area contributed by atoms with Gasteiger partial charge in [-0.15, -0.1) is 0 Å². The standard InChI is InChI=1S/C18H21N5O2/c1-23-16-5-4-12(25-13-6-7-20-17(19)10-13)9-15(16)22-18(23)21-11-14-3-2-8-24-14/h4-7,9-10,14H,2-3,8,11H2,1H3,(H2,19,20)(H,21,22). The van der Waals surface area contributed by atoms with Crippen LogP contribution in [-0.4, -0.2) is 33.8 Å². The van der Waals surface area contributed by atoms with Crippen molar-refractivity contribution in [3.63, 3.8) is 0 Å². The van der Waals surface area contributed by atoms with Crippen LogP contribution >= 0.6 is 0 Å². The summed E-state index contributed by atoms with van der Waals surface area (Å²) >= 11 is 0. The van der Waals surface area contributed by atoms with Crippen LogP contribution in [0.5, 0.6) is 11.5 Å². The van der Waals surface area contributed by atoms with Gasteiger partial charge in [0.25, 0.3) is 0 Å². The molecule has 0 spiro atoms. The molecule has 3 N–H and O–H groups in total. The molecular weight excluding hydrogens is 318 g/mol. The van der Waals surface area contributed by atoms with Crippen LogP contribution in [0.15, 0.2) is 36.5 Å². The van der Waals surface area contributed by atoms with Crippen molar-refractivity contribution in [2.75, 3.05) is 24.2 Å². The fourth-order valence-corrected chi connectivity index (χ4v) is 3.04. The van der Waals surface area contributed by atoms with Crippen LogP contribution in [0, 0.1) is 0 Å². The van der Waals surface area contributed by atoms with Gasteiger partial charge in [-0.25, -0.2) is 9.97 Å². The number of pyridine rings is 1. The van der Waals surface area contributed by atoms with Crippen LogP contribution < -0.4 is 15.8 Å². The Kier molecular flexibility index (Phi) is 4.15. The molecule has 0 radical (unpaired) electrons. The summed E-state index contributed by atoms with van der Waals surface area (Å²) in [6.45, 7) is 1.63. The van der Waals surface area contributed by atoms with Gasteiger partial charge >= 0.3 is 0 Å². The van der Waals surface area contributed by atoms with Crippen LogP contribution in [-0.2, 0) is 11.8 Å². The van der Waals surface area contributed by atoms with Gasteiger partial charge in [-0.05, 0) is 31.0 Å². The molecule has 1 aromatic carbocycles. The van der Waals surface area contributed by atoms with Crippen LogP contribution in [0.2, 0.25) is 0 Å². The van der Waals surface area contributed by atoms with E-state index >= 15 is 0 Å². The van der Waals surface area contributed by atoms with E-state index in [-0.39, 0.29) is 6.10 Å². The first-order chi connectivity index (χ1) is 12.2. The predicted octanol–water partition coefficient (Wildman–Crippen LogP) is 2.93. The van der Waals surface area contributed by atoms with Gasteiger partial charge in [-0.3, -0.25) is 0 Å². The SMILES string of the molecule is Cn1c(NCC2CCCO2)nc2cc(Oc3ccnc(N)c3)ccc21. The minimum absolute atomic E-state index is 0.274. The lowest BCUT2D eigenvalue weighted by Crippen LogP contribution is -2.20. The topological polar surface area (TPSA) is 87.2 Å². The highest BCUT2D eigenvalue weighted by atomic mass is 16.5. The maximum absolute atomic E-state index is 5.85. The quantitative estimate of drug-likeness (QED) is 0.743. The van der Waals surface area contributed by atoms with Crippen LogP contribution in [0.4, 0.5) is 11.8 Å². The molecule has 0 bridgehead atoms. The smallest absolute Gasteiger partial charge is 0.203 e. The molecular formula is C18H21N5O2. The molecule has 2 aromatic heterocycles. The Morgan fingerprint density at radius 3 is 3.00 bits per heavy atom. The van der Waals surface area contributed by atoms with E-state index in [0.29, 0.717) is 17.3 Å². The minimum Gasteiger partial charge on any atom is -0.457 e. The number of hydrogen-bond acceptors (Lipinski definition) is 6.